The molecule has 3 heterocycles. The van der Waals surface area contributed by atoms with E-state index in [2.05, 4.69) is 22.9 Å². The lowest BCUT2D eigenvalue weighted by Crippen LogP contribution is -2.22. The molecule has 0 unspecified atom stereocenters. The van der Waals surface area contributed by atoms with Crippen LogP contribution in [-0.2, 0) is 16.1 Å². The zero-order valence-electron chi connectivity index (χ0n) is 24.5. The molecule has 4 aromatic rings. The molecule has 5 rings (SSSR count). The van der Waals surface area contributed by atoms with Crippen LogP contribution in [0.4, 0.5) is 0 Å². The van der Waals surface area contributed by atoms with E-state index in [0.29, 0.717) is 28.0 Å². The summed E-state index contributed by atoms with van der Waals surface area (Å²) in [5, 5.41) is 4.23. The fraction of sp³-hybridized carbons (Fsp3) is 0.429. The zero-order valence-corrected chi connectivity index (χ0v) is 24.5. The number of amides is 2. The van der Waals surface area contributed by atoms with Gasteiger partial charge in [-0.1, -0.05) is 95.8 Å². The Balaban J connectivity index is 1.30. The molecule has 2 amide bonds. The van der Waals surface area contributed by atoms with E-state index in [0.717, 1.165) is 34.8 Å². The normalized spacial score (nSPS) is 13.6. The fourth-order valence-electron chi connectivity index (χ4n) is 6.05. The number of benzene rings is 2. The Morgan fingerprint density at radius 2 is 1.39 bits per heavy atom. The number of nitrogens with one attached hydrogen (secondary N) is 1. The topological polar surface area (TPSA) is 73.5 Å². The number of aromatic nitrogens is 1. The third-order valence-electron chi connectivity index (χ3n) is 8.29. The van der Waals surface area contributed by atoms with Crippen LogP contribution in [0.2, 0.25) is 0 Å². The molecule has 41 heavy (non-hydrogen) atoms. The molecule has 1 aliphatic rings. The highest BCUT2D eigenvalue weighted by Crippen LogP contribution is 2.39. The molecule has 1 aliphatic heterocycles. The van der Waals surface area contributed by atoms with Gasteiger partial charge in [-0.25, -0.2) is 0 Å². The molecular weight excluding hydrogens is 512 g/mol. The highest BCUT2D eigenvalue weighted by Gasteiger charge is 2.35. The molecule has 0 spiro atoms. The Hall–Kier alpha value is -3.80. The van der Waals surface area contributed by atoms with Crippen molar-refractivity contribution in [3.05, 3.63) is 66.1 Å². The maximum absolute atomic E-state index is 13.2. The smallest absolute Gasteiger partial charge is 0.259 e. The number of hydrogen-bond donors (Lipinski definition) is 1. The van der Waals surface area contributed by atoms with Crippen molar-refractivity contribution in [2.24, 2.45) is 0 Å². The monoisotopic (exact) mass is 554 g/mol. The molecule has 0 saturated heterocycles. The number of hydrogen-bond acceptors (Lipinski definition) is 4. The summed E-state index contributed by atoms with van der Waals surface area (Å²) >= 11 is 0. The van der Waals surface area contributed by atoms with Crippen molar-refractivity contribution in [2.45, 2.75) is 90.5 Å². The number of carbonyl (C=O) groups is 2. The minimum absolute atomic E-state index is 0.343. The van der Waals surface area contributed by atoms with Crippen molar-refractivity contribution in [1.29, 1.82) is 0 Å². The van der Waals surface area contributed by atoms with Crippen LogP contribution < -0.4 is 10.1 Å². The zero-order chi connectivity index (χ0) is 28.6. The molecule has 216 valence electrons. The van der Waals surface area contributed by atoms with Gasteiger partial charge >= 0.3 is 0 Å². The van der Waals surface area contributed by atoms with Gasteiger partial charge in [0.1, 0.15) is 11.3 Å². The van der Waals surface area contributed by atoms with Gasteiger partial charge in [-0.15, -0.1) is 0 Å². The van der Waals surface area contributed by atoms with Gasteiger partial charge < -0.3 is 13.7 Å². The second kappa shape index (κ2) is 13.7. The van der Waals surface area contributed by atoms with Crippen molar-refractivity contribution in [3.63, 3.8) is 0 Å². The summed E-state index contributed by atoms with van der Waals surface area (Å²) in [7, 11) is 1.60. The van der Waals surface area contributed by atoms with Gasteiger partial charge in [-0.05, 0) is 30.7 Å². The predicted molar refractivity (Wildman–Crippen MR) is 166 cm³/mol. The van der Waals surface area contributed by atoms with Gasteiger partial charge in [0, 0.05) is 40.2 Å². The van der Waals surface area contributed by atoms with Crippen molar-refractivity contribution >= 4 is 44.8 Å². The SMILES string of the molecule is CCCCCCCCCCCCCCn1cc(C2=C(c3coc4ccc(OC)cc34)C(=O)NC2=O)c2ccccc21. The first-order valence-electron chi connectivity index (χ1n) is 15.4. The van der Waals surface area contributed by atoms with Crippen molar-refractivity contribution in [3.8, 4) is 5.75 Å². The van der Waals surface area contributed by atoms with E-state index in [1.165, 1.54) is 70.6 Å². The average Bonchev–Trinajstić information content (AvgIpc) is 3.65. The predicted octanol–water partition coefficient (Wildman–Crippen LogP) is 8.66. The fourth-order valence-corrected chi connectivity index (χ4v) is 6.05. The third-order valence-corrected chi connectivity index (χ3v) is 8.29. The number of aryl methyl sites for hydroxylation is 1. The van der Waals surface area contributed by atoms with Crippen molar-refractivity contribution < 1.29 is 18.7 Å². The number of rotatable bonds is 16. The Morgan fingerprint density at radius 3 is 2.07 bits per heavy atom. The molecule has 1 N–H and O–H groups in total. The Kier molecular flexibility index (Phi) is 9.60. The lowest BCUT2D eigenvalue weighted by molar-refractivity contribution is -0.122. The van der Waals surface area contributed by atoms with Crippen LogP contribution in [0, 0.1) is 0 Å². The third kappa shape index (κ3) is 6.42. The first-order valence-corrected chi connectivity index (χ1v) is 15.4. The van der Waals surface area contributed by atoms with Crippen LogP contribution in [0.3, 0.4) is 0 Å². The van der Waals surface area contributed by atoms with Crippen LogP contribution in [0.25, 0.3) is 33.0 Å². The number of carbonyl (C=O) groups excluding carboxylic acids is 2. The number of fused-ring (bicyclic) bond motifs is 2. The number of methoxy groups -OCH3 is 1. The van der Waals surface area contributed by atoms with Crippen LogP contribution in [0.1, 0.15) is 95.1 Å². The lowest BCUT2D eigenvalue weighted by Gasteiger charge is -2.06. The van der Waals surface area contributed by atoms with Gasteiger partial charge in [-0.2, -0.15) is 0 Å². The van der Waals surface area contributed by atoms with E-state index in [1.807, 2.05) is 42.6 Å². The molecule has 6 heteroatoms. The molecule has 0 aliphatic carbocycles. The van der Waals surface area contributed by atoms with Crippen LogP contribution in [0.5, 0.6) is 5.75 Å². The van der Waals surface area contributed by atoms with E-state index < -0.39 is 5.91 Å². The Bertz CT molecular complexity index is 1540. The molecule has 2 aromatic carbocycles. The first kappa shape index (κ1) is 28.7. The number of ether oxygens (including phenoxy) is 1. The van der Waals surface area contributed by atoms with Crippen LogP contribution in [-0.4, -0.2) is 23.5 Å². The molecule has 0 bridgehead atoms. The highest BCUT2D eigenvalue weighted by atomic mass is 16.5. The number of furan rings is 1. The van der Waals surface area contributed by atoms with Gasteiger partial charge in [0.05, 0.1) is 24.5 Å². The van der Waals surface area contributed by atoms with Crippen molar-refractivity contribution in [1.82, 2.24) is 9.88 Å². The number of para-hydroxylation sites is 1. The van der Waals surface area contributed by atoms with E-state index in [4.69, 9.17) is 9.15 Å². The first-order chi connectivity index (χ1) is 20.1. The average molecular weight is 555 g/mol. The molecule has 2 aromatic heterocycles. The Labute approximate surface area is 242 Å². The van der Waals surface area contributed by atoms with E-state index in [9.17, 15) is 9.59 Å². The summed E-state index contributed by atoms with van der Waals surface area (Å²) in [6.07, 6.45) is 19.3. The largest absolute Gasteiger partial charge is 0.497 e. The van der Waals surface area contributed by atoms with Gasteiger partial charge in [0.2, 0.25) is 0 Å². The second-order valence-electron chi connectivity index (χ2n) is 11.2. The lowest BCUT2D eigenvalue weighted by atomic mass is 9.95. The maximum Gasteiger partial charge on any atom is 0.259 e. The van der Waals surface area contributed by atoms with Gasteiger partial charge in [-0.3, -0.25) is 14.9 Å². The standard InChI is InChI=1S/C35H42N2O4/c1-3-4-5-6-7-8-9-10-11-12-13-16-21-37-23-28(26-17-14-15-18-30(26)37)32-33(35(39)36-34(32)38)29-24-41-31-20-19-25(40-2)22-27(29)31/h14-15,17-20,22-24H,3-13,16,21H2,1-2H3,(H,36,38,39). The quantitative estimate of drug-likeness (QED) is 0.111. The molecule has 0 atom stereocenters. The van der Waals surface area contributed by atoms with E-state index in [-0.39, 0.29) is 5.91 Å². The number of unbranched alkanes of at least 4 members (excludes halogenated alkanes) is 11. The number of nitrogens with zero attached hydrogens (tertiary/aromatic N) is 1. The Morgan fingerprint density at radius 1 is 0.756 bits per heavy atom. The number of imide groups is 1. The highest BCUT2D eigenvalue weighted by molar-refractivity contribution is 6.50. The molecule has 0 radical (unpaired) electrons. The summed E-state index contributed by atoms with van der Waals surface area (Å²) in [4.78, 5) is 26.4. The molecule has 0 saturated carbocycles. The summed E-state index contributed by atoms with van der Waals surface area (Å²) in [6.45, 7) is 3.14. The summed E-state index contributed by atoms with van der Waals surface area (Å²) < 4.78 is 13.4. The van der Waals surface area contributed by atoms with E-state index >= 15 is 0 Å². The molecule has 6 nitrogen and oxygen atoms in total. The van der Waals surface area contributed by atoms with Crippen LogP contribution >= 0.6 is 0 Å². The van der Waals surface area contributed by atoms with Gasteiger partial charge in [0.25, 0.3) is 11.8 Å². The second-order valence-corrected chi connectivity index (χ2v) is 11.2. The summed E-state index contributed by atoms with van der Waals surface area (Å²) in [5.41, 5.74) is 3.81. The summed E-state index contributed by atoms with van der Waals surface area (Å²) in [5.74, 6) is -0.130. The van der Waals surface area contributed by atoms with E-state index in [1.54, 1.807) is 13.4 Å². The van der Waals surface area contributed by atoms with Crippen LogP contribution in [0.15, 0.2) is 59.3 Å². The molecular formula is C35H42N2O4. The molecule has 0 fully saturated rings. The van der Waals surface area contributed by atoms with Crippen molar-refractivity contribution in [2.75, 3.05) is 7.11 Å². The summed E-state index contributed by atoms with van der Waals surface area (Å²) in [6, 6.07) is 13.6. The minimum atomic E-state index is -0.409. The van der Waals surface area contributed by atoms with Gasteiger partial charge in [0.15, 0.2) is 0 Å². The maximum atomic E-state index is 13.2. The minimum Gasteiger partial charge on any atom is -0.497 e.